The number of hydrogen-bond donors (Lipinski definition) is 2. The minimum Gasteiger partial charge on any atom is -0.449 e. The van der Waals surface area contributed by atoms with E-state index in [4.69, 9.17) is 9.88 Å². The predicted molar refractivity (Wildman–Crippen MR) is 95.8 cm³/mol. The van der Waals surface area contributed by atoms with Gasteiger partial charge in [0.1, 0.15) is 11.6 Å². The topological polar surface area (TPSA) is 116 Å². The SMILES string of the molecule is C[C@H](OC(=O)c1cc(F)cc(F)c1)C(=O)NCCc1ccc(S(N)(=O)=O)cc1. The van der Waals surface area contributed by atoms with Gasteiger partial charge in [-0.25, -0.2) is 27.1 Å². The van der Waals surface area contributed by atoms with E-state index >= 15 is 0 Å². The van der Waals surface area contributed by atoms with Crippen molar-refractivity contribution in [2.45, 2.75) is 24.3 Å². The number of nitrogens with one attached hydrogen (secondary N) is 1. The Morgan fingerprint density at radius 2 is 1.68 bits per heavy atom. The van der Waals surface area contributed by atoms with Crippen molar-refractivity contribution in [1.82, 2.24) is 5.32 Å². The van der Waals surface area contributed by atoms with Crippen LogP contribution in [0, 0.1) is 11.6 Å². The lowest BCUT2D eigenvalue weighted by atomic mass is 10.1. The van der Waals surface area contributed by atoms with Gasteiger partial charge in [0.15, 0.2) is 6.10 Å². The molecule has 0 spiro atoms. The highest BCUT2D eigenvalue weighted by atomic mass is 32.2. The van der Waals surface area contributed by atoms with E-state index in [1.54, 1.807) is 12.1 Å². The Bertz CT molecular complexity index is 958. The quantitative estimate of drug-likeness (QED) is 0.669. The van der Waals surface area contributed by atoms with Crippen LogP contribution in [0.5, 0.6) is 0 Å². The number of rotatable bonds is 7. The molecule has 2 aromatic carbocycles. The van der Waals surface area contributed by atoms with Crippen LogP contribution in [-0.4, -0.2) is 32.9 Å². The Kier molecular flexibility index (Phi) is 6.81. The van der Waals surface area contributed by atoms with Crippen molar-refractivity contribution in [2.24, 2.45) is 5.14 Å². The van der Waals surface area contributed by atoms with Gasteiger partial charge in [-0.3, -0.25) is 4.79 Å². The number of hydrogen-bond acceptors (Lipinski definition) is 5. The third-order valence-corrected chi connectivity index (χ3v) is 4.65. The maximum absolute atomic E-state index is 13.1. The van der Waals surface area contributed by atoms with E-state index in [1.807, 2.05) is 0 Å². The highest BCUT2D eigenvalue weighted by Gasteiger charge is 2.19. The molecule has 0 heterocycles. The van der Waals surface area contributed by atoms with Crippen LogP contribution in [-0.2, 0) is 26.0 Å². The van der Waals surface area contributed by atoms with Crippen molar-refractivity contribution >= 4 is 21.9 Å². The first-order valence-corrected chi connectivity index (χ1v) is 9.67. The number of halogens is 2. The van der Waals surface area contributed by atoms with Gasteiger partial charge in [-0.05, 0) is 43.2 Å². The molecular weight excluding hydrogens is 394 g/mol. The van der Waals surface area contributed by atoms with Crippen molar-refractivity contribution in [3.63, 3.8) is 0 Å². The standard InChI is InChI=1S/C18H18F2N2O5S/c1-11(27-18(24)13-8-14(19)10-15(20)9-13)17(23)22-7-6-12-2-4-16(5-3-12)28(21,25)26/h2-5,8-11H,6-7H2,1H3,(H,22,23)(H2,21,25,26)/t11-/m0/s1. The number of amides is 1. The Morgan fingerprint density at radius 3 is 2.21 bits per heavy atom. The third-order valence-electron chi connectivity index (χ3n) is 3.72. The van der Waals surface area contributed by atoms with Crippen LogP contribution >= 0.6 is 0 Å². The number of carbonyl (C=O) groups is 2. The van der Waals surface area contributed by atoms with Gasteiger partial charge in [0.05, 0.1) is 10.5 Å². The summed E-state index contributed by atoms with van der Waals surface area (Å²) in [5, 5.41) is 7.56. The molecule has 0 unspecified atom stereocenters. The van der Waals surface area contributed by atoms with Gasteiger partial charge in [-0.1, -0.05) is 12.1 Å². The highest BCUT2D eigenvalue weighted by Crippen LogP contribution is 2.11. The molecule has 0 bridgehead atoms. The number of benzene rings is 2. The van der Waals surface area contributed by atoms with Crippen molar-refractivity contribution < 1.29 is 31.5 Å². The number of esters is 1. The van der Waals surface area contributed by atoms with Gasteiger partial charge in [-0.15, -0.1) is 0 Å². The summed E-state index contributed by atoms with van der Waals surface area (Å²) in [5.74, 6) is -3.49. The predicted octanol–water partition coefficient (Wildman–Crippen LogP) is 1.52. The summed E-state index contributed by atoms with van der Waals surface area (Å²) < 4.78 is 53.5. The van der Waals surface area contributed by atoms with Gasteiger partial charge >= 0.3 is 5.97 Å². The molecule has 10 heteroatoms. The fourth-order valence-electron chi connectivity index (χ4n) is 2.27. The Morgan fingerprint density at radius 1 is 1.11 bits per heavy atom. The van der Waals surface area contributed by atoms with E-state index in [0.29, 0.717) is 12.5 Å². The smallest absolute Gasteiger partial charge is 0.339 e. The van der Waals surface area contributed by atoms with Gasteiger partial charge in [-0.2, -0.15) is 0 Å². The highest BCUT2D eigenvalue weighted by molar-refractivity contribution is 7.89. The van der Waals surface area contributed by atoms with E-state index in [-0.39, 0.29) is 17.0 Å². The number of carbonyl (C=O) groups excluding carboxylic acids is 2. The molecule has 7 nitrogen and oxygen atoms in total. The summed E-state index contributed by atoms with van der Waals surface area (Å²) in [6, 6.07) is 8.07. The van der Waals surface area contributed by atoms with Crippen LogP contribution in [0.15, 0.2) is 47.4 Å². The van der Waals surface area contributed by atoms with E-state index in [2.05, 4.69) is 5.32 Å². The minimum absolute atomic E-state index is 0.0189. The van der Waals surface area contributed by atoms with Gasteiger partial charge in [0.2, 0.25) is 10.0 Å². The van der Waals surface area contributed by atoms with Crippen LogP contribution < -0.4 is 10.5 Å². The lowest BCUT2D eigenvalue weighted by Crippen LogP contribution is -2.36. The molecule has 1 atom stereocenters. The van der Waals surface area contributed by atoms with E-state index in [9.17, 15) is 26.8 Å². The van der Waals surface area contributed by atoms with Crippen molar-refractivity contribution in [3.05, 3.63) is 65.2 Å². The zero-order valence-electron chi connectivity index (χ0n) is 14.8. The fourth-order valence-corrected chi connectivity index (χ4v) is 2.79. The van der Waals surface area contributed by atoms with Crippen molar-refractivity contribution in [3.8, 4) is 0 Å². The second-order valence-electron chi connectivity index (χ2n) is 5.94. The summed E-state index contributed by atoms with van der Waals surface area (Å²) in [5.41, 5.74) is 0.416. The molecule has 0 saturated heterocycles. The molecule has 0 aromatic heterocycles. The van der Waals surface area contributed by atoms with Crippen molar-refractivity contribution in [2.75, 3.05) is 6.54 Å². The van der Waals surface area contributed by atoms with Crippen LogP contribution in [0.25, 0.3) is 0 Å². The van der Waals surface area contributed by atoms with E-state index < -0.39 is 39.6 Å². The molecule has 1 amide bonds. The summed E-state index contributed by atoms with van der Waals surface area (Å²) in [4.78, 5) is 23.8. The Hall–Kier alpha value is -2.85. The zero-order chi connectivity index (χ0) is 20.9. The zero-order valence-corrected chi connectivity index (χ0v) is 15.6. The van der Waals surface area contributed by atoms with Crippen molar-refractivity contribution in [1.29, 1.82) is 0 Å². The van der Waals surface area contributed by atoms with Crippen LogP contribution in [0.2, 0.25) is 0 Å². The molecule has 2 rings (SSSR count). The molecule has 0 aliphatic carbocycles. The van der Waals surface area contributed by atoms with Gasteiger partial charge in [0.25, 0.3) is 5.91 Å². The molecule has 3 N–H and O–H groups in total. The lowest BCUT2D eigenvalue weighted by molar-refractivity contribution is -0.129. The van der Waals surface area contributed by atoms with Gasteiger partial charge < -0.3 is 10.1 Å². The maximum atomic E-state index is 13.1. The van der Waals surface area contributed by atoms with Gasteiger partial charge in [0, 0.05) is 12.6 Å². The van der Waals surface area contributed by atoms with Crippen LogP contribution in [0.3, 0.4) is 0 Å². The molecule has 2 aromatic rings. The lowest BCUT2D eigenvalue weighted by Gasteiger charge is -2.13. The largest absolute Gasteiger partial charge is 0.449 e. The molecule has 0 aliphatic rings. The molecule has 0 aliphatic heterocycles. The average molecular weight is 412 g/mol. The first-order chi connectivity index (χ1) is 13.1. The first kappa shape index (κ1) is 21.5. The number of sulfonamides is 1. The fraction of sp³-hybridized carbons (Fsp3) is 0.222. The average Bonchev–Trinajstić information content (AvgIpc) is 2.60. The summed E-state index contributed by atoms with van der Waals surface area (Å²) in [7, 11) is -3.77. The molecule has 0 saturated carbocycles. The molecule has 0 fully saturated rings. The summed E-state index contributed by atoms with van der Waals surface area (Å²) >= 11 is 0. The third kappa shape index (κ3) is 6.10. The maximum Gasteiger partial charge on any atom is 0.339 e. The molecule has 28 heavy (non-hydrogen) atoms. The summed E-state index contributed by atoms with van der Waals surface area (Å²) in [6.45, 7) is 1.52. The monoisotopic (exact) mass is 412 g/mol. The van der Waals surface area contributed by atoms with Crippen LogP contribution in [0.4, 0.5) is 8.78 Å². The number of nitrogens with two attached hydrogens (primary N) is 1. The van der Waals surface area contributed by atoms with E-state index in [1.165, 1.54) is 19.1 Å². The van der Waals surface area contributed by atoms with Crippen LogP contribution in [0.1, 0.15) is 22.8 Å². The second-order valence-corrected chi connectivity index (χ2v) is 7.50. The Balaban J connectivity index is 1.84. The molecule has 0 radical (unpaired) electrons. The Labute approximate surface area is 160 Å². The minimum atomic E-state index is -3.77. The normalized spacial score (nSPS) is 12.3. The first-order valence-electron chi connectivity index (χ1n) is 8.13. The second kappa shape index (κ2) is 8.89. The number of primary sulfonamides is 1. The van der Waals surface area contributed by atoms with E-state index in [0.717, 1.165) is 17.7 Å². The summed E-state index contributed by atoms with van der Waals surface area (Å²) in [6.07, 6.45) is -0.782. The molecule has 150 valence electrons. The molecular formula is C18H18F2N2O5S. The number of ether oxygens (including phenoxy) is 1.